The molecule has 0 unspecified atom stereocenters. The topological polar surface area (TPSA) is 25.8 Å². The predicted octanol–water partition coefficient (Wildman–Crippen LogP) is 2.11. The molecule has 1 rings (SSSR count). The fraction of sp³-hybridized carbons (Fsp3) is 0.429. The molecule has 0 aliphatic carbocycles. The highest BCUT2D eigenvalue weighted by atomic mass is 16.5. The van der Waals surface area contributed by atoms with E-state index >= 15 is 0 Å². The van der Waals surface area contributed by atoms with Crippen molar-refractivity contribution in [3.8, 4) is 5.75 Å². The minimum absolute atomic E-state index is 0.262. The Labute approximate surface area is 98.3 Å². The Morgan fingerprint density at radius 2 is 2.12 bits per heavy atom. The summed E-state index contributed by atoms with van der Waals surface area (Å²) in [7, 11) is 0. The van der Waals surface area contributed by atoms with Crippen LogP contribution in [0.25, 0.3) is 0 Å². The number of nitrogens with two attached hydrogens (primary N) is 1. The second-order valence-corrected chi connectivity index (χ2v) is 5.02. The largest absolute Gasteiger partial charge is 0.490 e. The monoisotopic (exact) mass is 220 g/mol. The zero-order valence-corrected chi connectivity index (χ0v) is 10.5. The molecule has 2 N–H and O–H groups in total. The zero-order valence-electron chi connectivity index (χ0n) is 10.5. The van der Waals surface area contributed by atoms with Crippen molar-refractivity contribution in [3.05, 3.63) is 42.5 Å². The molecule has 1 aromatic carbocycles. The molecule has 0 saturated carbocycles. The van der Waals surface area contributed by atoms with Crippen LogP contribution in [0, 0.1) is 0 Å². The third-order valence-electron chi connectivity index (χ3n) is 2.22. The fourth-order valence-corrected chi connectivity index (χ4v) is 1.34. The molecular formula is C14H22NO+. The van der Waals surface area contributed by atoms with Gasteiger partial charge in [-0.3, -0.25) is 0 Å². The van der Waals surface area contributed by atoms with Gasteiger partial charge in [0.15, 0.2) is 0 Å². The minimum atomic E-state index is 0.262. The highest BCUT2D eigenvalue weighted by Crippen LogP contribution is 2.12. The Morgan fingerprint density at radius 3 is 2.75 bits per heavy atom. The van der Waals surface area contributed by atoms with Gasteiger partial charge in [-0.15, -0.1) is 0 Å². The average Bonchev–Trinajstić information content (AvgIpc) is 2.23. The van der Waals surface area contributed by atoms with Gasteiger partial charge in [0.2, 0.25) is 0 Å². The third kappa shape index (κ3) is 4.99. The summed E-state index contributed by atoms with van der Waals surface area (Å²) in [5.41, 5.74) is 1.55. The van der Waals surface area contributed by atoms with Crippen molar-refractivity contribution >= 4 is 0 Å². The van der Waals surface area contributed by atoms with Crippen LogP contribution < -0.4 is 10.1 Å². The maximum atomic E-state index is 5.50. The molecular weight excluding hydrogens is 198 g/mol. The van der Waals surface area contributed by atoms with E-state index in [4.69, 9.17) is 4.74 Å². The van der Waals surface area contributed by atoms with Crippen LogP contribution >= 0.6 is 0 Å². The molecule has 2 nitrogen and oxygen atoms in total. The Kier molecular flexibility index (Phi) is 4.56. The lowest BCUT2D eigenvalue weighted by molar-refractivity contribution is -0.731. The molecule has 0 spiro atoms. The standard InChI is InChI=1S/C14H21NO/c1-5-9-16-13-8-6-7-12(10-13)11-15-14(2,3)4/h5-8,10,15H,1,9,11H2,2-4H3/p+1. The number of ether oxygens (including phenoxy) is 1. The van der Waals surface area contributed by atoms with Gasteiger partial charge < -0.3 is 10.1 Å². The van der Waals surface area contributed by atoms with Crippen molar-refractivity contribution < 1.29 is 10.1 Å². The third-order valence-corrected chi connectivity index (χ3v) is 2.22. The van der Waals surface area contributed by atoms with Gasteiger partial charge in [0, 0.05) is 5.56 Å². The zero-order chi connectivity index (χ0) is 12.0. The van der Waals surface area contributed by atoms with Gasteiger partial charge in [0.05, 0.1) is 5.54 Å². The summed E-state index contributed by atoms with van der Waals surface area (Å²) in [6.07, 6.45) is 1.76. The minimum Gasteiger partial charge on any atom is -0.490 e. The molecule has 0 amide bonds. The van der Waals surface area contributed by atoms with E-state index in [0.29, 0.717) is 6.61 Å². The molecule has 0 heterocycles. The molecule has 0 atom stereocenters. The Hall–Kier alpha value is -1.28. The second-order valence-electron chi connectivity index (χ2n) is 5.02. The van der Waals surface area contributed by atoms with E-state index in [2.05, 4.69) is 44.8 Å². The summed E-state index contributed by atoms with van der Waals surface area (Å²) in [5.74, 6) is 0.916. The summed E-state index contributed by atoms with van der Waals surface area (Å²) in [4.78, 5) is 0. The van der Waals surface area contributed by atoms with Gasteiger partial charge in [0.25, 0.3) is 0 Å². The molecule has 0 aromatic heterocycles. The lowest BCUT2D eigenvalue weighted by Gasteiger charge is -2.17. The Bertz CT molecular complexity index is 339. The van der Waals surface area contributed by atoms with E-state index in [1.54, 1.807) is 6.08 Å². The highest BCUT2D eigenvalue weighted by molar-refractivity contribution is 5.28. The van der Waals surface area contributed by atoms with Gasteiger partial charge in [-0.25, -0.2) is 0 Å². The molecule has 0 radical (unpaired) electrons. The molecule has 0 saturated heterocycles. The van der Waals surface area contributed by atoms with Crippen molar-refractivity contribution in [3.63, 3.8) is 0 Å². The summed E-state index contributed by atoms with van der Waals surface area (Å²) in [6, 6.07) is 8.23. The predicted molar refractivity (Wildman–Crippen MR) is 67.5 cm³/mol. The summed E-state index contributed by atoms with van der Waals surface area (Å²) >= 11 is 0. The van der Waals surface area contributed by atoms with Crippen LogP contribution in [-0.4, -0.2) is 12.1 Å². The quantitative estimate of drug-likeness (QED) is 0.756. The molecule has 1 aromatic rings. The number of hydrogen-bond acceptors (Lipinski definition) is 1. The second kappa shape index (κ2) is 5.71. The van der Waals surface area contributed by atoms with Gasteiger partial charge >= 0.3 is 0 Å². The van der Waals surface area contributed by atoms with Gasteiger partial charge in [0.1, 0.15) is 18.9 Å². The van der Waals surface area contributed by atoms with E-state index in [9.17, 15) is 0 Å². The summed E-state index contributed by atoms with van der Waals surface area (Å²) < 4.78 is 5.50. The molecule has 0 aliphatic rings. The molecule has 0 aliphatic heterocycles. The number of rotatable bonds is 5. The van der Waals surface area contributed by atoms with E-state index in [-0.39, 0.29) is 5.54 Å². The van der Waals surface area contributed by atoms with Gasteiger partial charge in [-0.2, -0.15) is 0 Å². The van der Waals surface area contributed by atoms with E-state index in [1.165, 1.54) is 5.56 Å². The van der Waals surface area contributed by atoms with Crippen molar-refractivity contribution in [1.82, 2.24) is 0 Å². The van der Waals surface area contributed by atoms with Crippen LogP contribution in [-0.2, 0) is 6.54 Å². The van der Waals surface area contributed by atoms with E-state index in [0.717, 1.165) is 12.3 Å². The lowest BCUT2D eigenvalue weighted by atomic mass is 10.1. The summed E-state index contributed by atoms with van der Waals surface area (Å²) in [5, 5.41) is 2.32. The summed E-state index contributed by atoms with van der Waals surface area (Å²) in [6.45, 7) is 11.8. The first-order valence-corrected chi connectivity index (χ1v) is 5.68. The smallest absolute Gasteiger partial charge is 0.120 e. The molecule has 88 valence electrons. The van der Waals surface area contributed by atoms with Crippen LogP contribution in [0.5, 0.6) is 5.75 Å². The highest BCUT2D eigenvalue weighted by Gasteiger charge is 2.12. The van der Waals surface area contributed by atoms with Crippen LogP contribution in [0.15, 0.2) is 36.9 Å². The van der Waals surface area contributed by atoms with Crippen molar-refractivity contribution in [2.45, 2.75) is 32.9 Å². The molecule has 0 fully saturated rings. The van der Waals surface area contributed by atoms with E-state index in [1.807, 2.05) is 12.1 Å². The first kappa shape index (κ1) is 12.8. The molecule has 0 bridgehead atoms. The maximum absolute atomic E-state index is 5.50. The van der Waals surface area contributed by atoms with Crippen LogP contribution in [0.1, 0.15) is 26.3 Å². The Morgan fingerprint density at radius 1 is 1.38 bits per heavy atom. The van der Waals surface area contributed by atoms with Crippen molar-refractivity contribution in [2.75, 3.05) is 6.61 Å². The van der Waals surface area contributed by atoms with Gasteiger partial charge in [-0.1, -0.05) is 24.8 Å². The normalized spacial score (nSPS) is 11.2. The van der Waals surface area contributed by atoms with Crippen LogP contribution in [0.2, 0.25) is 0 Å². The van der Waals surface area contributed by atoms with Crippen molar-refractivity contribution in [2.24, 2.45) is 0 Å². The lowest BCUT2D eigenvalue weighted by Crippen LogP contribution is -2.92. The molecule has 16 heavy (non-hydrogen) atoms. The first-order valence-electron chi connectivity index (χ1n) is 5.68. The van der Waals surface area contributed by atoms with Crippen LogP contribution in [0.3, 0.4) is 0 Å². The SMILES string of the molecule is C=CCOc1cccc(C[NH2+]C(C)(C)C)c1. The number of quaternary nitrogens is 1. The molecule has 2 heteroatoms. The first-order chi connectivity index (χ1) is 7.51. The average molecular weight is 220 g/mol. The maximum Gasteiger partial charge on any atom is 0.120 e. The fourth-order valence-electron chi connectivity index (χ4n) is 1.34. The number of hydrogen-bond donors (Lipinski definition) is 1. The van der Waals surface area contributed by atoms with Crippen LogP contribution in [0.4, 0.5) is 0 Å². The van der Waals surface area contributed by atoms with Crippen molar-refractivity contribution in [1.29, 1.82) is 0 Å². The van der Waals surface area contributed by atoms with E-state index < -0.39 is 0 Å². The number of benzene rings is 1. The van der Waals surface area contributed by atoms with Gasteiger partial charge in [-0.05, 0) is 32.9 Å². The Balaban J connectivity index is 2.56.